The summed E-state index contributed by atoms with van der Waals surface area (Å²) in [7, 11) is -4.05. The van der Waals surface area contributed by atoms with Crippen molar-refractivity contribution in [2.24, 2.45) is 5.73 Å². The molecule has 0 radical (unpaired) electrons. The Morgan fingerprint density at radius 2 is 2.07 bits per heavy atom. The van der Waals surface area contributed by atoms with E-state index < -0.39 is 7.82 Å². The van der Waals surface area contributed by atoms with Crippen molar-refractivity contribution in [3.8, 4) is 5.75 Å². The number of hydrogen-bond donors (Lipinski definition) is 2. The first kappa shape index (κ1) is 12.2. The van der Waals surface area contributed by atoms with Gasteiger partial charge >= 0.3 is 7.82 Å². The lowest BCUT2D eigenvalue weighted by atomic mass is 10.3. The monoisotopic (exact) mass is 231 g/mol. The lowest BCUT2D eigenvalue weighted by molar-refractivity contribution is 0.195. The second-order valence-corrected chi connectivity index (χ2v) is 4.52. The van der Waals surface area contributed by atoms with E-state index in [4.69, 9.17) is 10.3 Å². The largest absolute Gasteiger partial charge is 0.527 e. The molecule has 0 saturated carbocycles. The van der Waals surface area contributed by atoms with Gasteiger partial charge in [-0.05, 0) is 19.1 Å². The van der Waals surface area contributed by atoms with E-state index in [-0.39, 0.29) is 18.4 Å². The summed E-state index contributed by atoms with van der Waals surface area (Å²) < 4.78 is 20.8. The van der Waals surface area contributed by atoms with Gasteiger partial charge < -0.3 is 10.3 Å². The third-order valence-corrected chi connectivity index (χ3v) is 2.38. The number of phosphoric acid groups is 1. The van der Waals surface area contributed by atoms with Crippen LogP contribution in [0.5, 0.6) is 5.75 Å². The molecule has 2 atom stereocenters. The quantitative estimate of drug-likeness (QED) is 0.751. The highest BCUT2D eigenvalue weighted by atomic mass is 31.2. The van der Waals surface area contributed by atoms with Crippen molar-refractivity contribution in [3.63, 3.8) is 0 Å². The molecule has 0 aromatic heterocycles. The van der Waals surface area contributed by atoms with Crippen molar-refractivity contribution >= 4 is 7.82 Å². The zero-order valence-electron chi connectivity index (χ0n) is 8.37. The van der Waals surface area contributed by atoms with E-state index in [0.29, 0.717) is 0 Å². The number of para-hydroxylation sites is 1. The van der Waals surface area contributed by atoms with E-state index in [1.807, 2.05) is 0 Å². The third kappa shape index (κ3) is 4.95. The van der Waals surface area contributed by atoms with Gasteiger partial charge in [0.1, 0.15) is 5.75 Å². The summed E-state index contributed by atoms with van der Waals surface area (Å²) in [5, 5.41) is 0. The fourth-order valence-electron chi connectivity index (χ4n) is 0.853. The first-order chi connectivity index (χ1) is 6.99. The Labute approximate surface area is 88.4 Å². The number of phosphoric ester groups is 1. The molecule has 2 unspecified atom stereocenters. The summed E-state index contributed by atoms with van der Waals surface area (Å²) in [6.45, 7) is 1.64. The fraction of sp³-hybridized carbons (Fsp3) is 0.333. The molecule has 1 rings (SSSR count). The van der Waals surface area contributed by atoms with Crippen molar-refractivity contribution < 1.29 is 18.5 Å². The molecule has 84 valence electrons. The minimum atomic E-state index is -4.05. The molecule has 0 saturated heterocycles. The molecule has 0 amide bonds. The molecule has 0 spiro atoms. The molecular formula is C9H14NO4P. The molecule has 15 heavy (non-hydrogen) atoms. The molecule has 1 aromatic rings. The van der Waals surface area contributed by atoms with Crippen molar-refractivity contribution in [2.45, 2.75) is 13.0 Å². The third-order valence-electron chi connectivity index (χ3n) is 1.46. The zero-order chi connectivity index (χ0) is 11.3. The van der Waals surface area contributed by atoms with Crippen molar-refractivity contribution in [1.29, 1.82) is 0 Å². The van der Waals surface area contributed by atoms with Gasteiger partial charge in [0.15, 0.2) is 0 Å². The Bertz CT molecular complexity index is 341. The SMILES string of the molecule is CC(N)COP(=O)(O)Oc1ccccc1. The highest BCUT2D eigenvalue weighted by molar-refractivity contribution is 7.47. The Hall–Kier alpha value is -0.870. The van der Waals surface area contributed by atoms with Gasteiger partial charge in [-0.1, -0.05) is 18.2 Å². The van der Waals surface area contributed by atoms with Crippen LogP contribution in [0.1, 0.15) is 6.92 Å². The van der Waals surface area contributed by atoms with Crippen LogP contribution in [0.15, 0.2) is 30.3 Å². The Morgan fingerprint density at radius 3 is 2.60 bits per heavy atom. The Morgan fingerprint density at radius 1 is 1.47 bits per heavy atom. The topological polar surface area (TPSA) is 81.8 Å². The summed E-state index contributed by atoms with van der Waals surface area (Å²) in [5.74, 6) is 0.285. The molecular weight excluding hydrogens is 217 g/mol. The highest BCUT2D eigenvalue weighted by Crippen LogP contribution is 2.43. The maximum absolute atomic E-state index is 11.3. The van der Waals surface area contributed by atoms with E-state index >= 15 is 0 Å². The Kier molecular flexibility index (Phi) is 4.29. The van der Waals surface area contributed by atoms with Crippen LogP contribution < -0.4 is 10.3 Å². The van der Waals surface area contributed by atoms with Crippen molar-refractivity contribution in [2.75, 3.05) is 6.61 Å². The van der Waals surface area contributed by atoms with Gasteiger partial charge in [0.25, 0.3) is 0 Å². The van der Waals surface area contributed by atoms with Gasteiger partial charge in [-0.2, -0.15) is 0 Å². The number of hydrogen-bond acceptors (Lipinski definition) is 4. The van der Waals surface area contributed by atoms with Gasteiger partial charge in [-0.15, -0.1) is 0 Å². The standard InChI is InChI=1S/C9H14NO4P/c1-8(10)7-13-15(11,12)14-9-5-3-2-4-6-9/h2-6,8H,7,10H2,1H3,(H,11,12). The van der Waals surface area contributed by atoms with Gasteiger partial charge in [-0.25, -0.2) is 4.57 Å². The molecule has 1 aromatic carbocycles. The number of nitrogens with two attached hydrogens (primary N) is 1. The lowest BCUT2D eigenvalue weighted by Crippen LogP contribution is -2.21. The van der Waals surface area contributed by atoms with Gasteiger partial charge in [0.2, 0.25) is 0 Å². The van der Waals surface area contributed by atoms with Crippen LogP contribution in [0, 0.1) is 0 Å². The summed E-state index contributed by atoms with van der Waals surface area (Å²) in [6, 6.07) is 7.99. The lowest BCUT2D eigenvalue weighted by Gasteiger charge is -2.13. The minimum absolute atomic E-state index is 0.0272. The average molecular weight is 231 g/mol. The molecule has 0 aliphatic heterocycles. The van der Waals surface area contributed by atoms with Crippen molar-refractivity contribution in [1.82, 2.24) is 0 Å². The molecule has 0 aliphatic rings. The zero-order valence-corrected chi connectivity index (χ0v) is 9.26. The van der Waals surface area contributed by atoms with E-state index in [9.17, 15) is 9.46 Å². The van der Waals surface area contributed by atoms with Crippen LogP contribution in [0.3, 0.4) is 0 Å². The van der Waals surface area contributed by atoms with Gasteiger partial charge in [-0.3, -0.25) is 9.42 Å². The summed E-state index contributed by atoms with van der Waals surface area (Å²) >= 11 is 0. The first-order valence-corrected chi connectivity index (χ1v) is 5.97. The molecule has 3 N–H and O–H groups in total. The summed E-state index contributed by atoms with van der Waals surface area (Å²) in [4.78, 5) is 9.27. The number of rotatable bonds is 5. The maximum Gasteiger partial charge on any atom is 0.527 e. The van der Waals surface area contributed by atoms with E-state index in [1.54, 1.807) is 37.3 Å². The Balaban J connectivity index is 2.53. The second kappa shape index (κ2) is 5.28. The maximum atomic E-state index is 11.3. The molecule has 0 bridgehead atoms. The van der Waals surface area contributed by atoms with Crippen LogP contribution in [-0.4, -0.2) is 17.5 Å². The van der Waals surface area contributed by atoms with Crippen LogP contribution in [-0.2, 0) is 9.09 Å². The van der Waals surface area contributed by atoms with Crippen LogP contribution in [0.4, 0.5) is 0 Å². The van der Waals surface area contributed by atoms with Crippen molar-refractivity contribution in [3.05, 3.63) is 30.3 Å². The first-order valence-electron chi connectivity index (χ1n) is 4.47. The minimum Gasteiger partial charge on any atom is -0.404 e. The molecule has 5 nitrogen and oxygen atoms in total. The summed E-state index contributed by atoms with van der Waals surface area (Å²) in [6.07, 6.45) is 0. The second-order valence-electron chi connectivity index (χ2n) is 3.15. The normalized spacial score (nSPS) is 16.7. The predicted molar refractivity (Wildman–Crippen MR) is 56.5 cm³/mol. The van der Waals surface area contributed by atoms with Crippen LogP contribution >= 0.6 is 7.82 Å². The van der Waals surface area contributed by atoms with E-state index in [1.165, 1.54) is 0 Å². The van der Waals surface area contributed by atoms with Crippen LogP contribution in [0.2, 0.25) is 0 Å². The smallest absolute Gasteiger partial charge is 0.404 e. The molecule has 0 heterocycles. The molecule has 6 heteroatoms. The fourth-order valence-corrected chi connectivity index (χ4v) is 1.72. The molecule has 0 fully saturated rings. The van der Waals surface area contributed by atoms with E-state index in [2.05, 4.69) is 4.52 Å². The van der Waals surface area contributed by atoms with Gasteiger partial charge in [0.05, 0.1) is 6.61 Å². The summed E-state index contributed by atoms with van der Waals surface area (Å²) in [5.41, 5.74) is 5.38. The predicted octanol–water partition coefficient (Wildman–Crippen LogP) is 1.53. The average Bonchev–Trinajstić information content (AvgIpc) is 2.16. The number of benzene rings is 1. The van der Waals surface area contributed by atoms with Gasteiger partial charge in [0, 0.05) is 6.04 Å². The highest BCUT2D eigenvalue weighted by Gasteiger charge is 2.23. The van der Waals surface area contributed by atoms with E-state index in [0.717, 1.165) is 0 Å². The molecule has 0 aliphatic carbocycles. The van der Waals surface area contributed by atoms with Crippen LogP contribution in [0.25, 0.3) is 0 Å².